The summed E-state index contributed by atoms with van der Waals surface area (Å²) >= 11 is 0. The van der Waals surface area contributed by atoms with E-state index in [0.717, 1.165) is 31.2 Å². The van der Waals surface area contributed by atoms with Crippen molar-refractivity contribution >= 4 is 5.91 Å². The molecule has 1 aliphatic carbocycles. The molecule has 1 aliphatic rings. The molecule has 0 bridgehead atoms. The van der Waals surface area contributed by atoms with Gasteiger partial charge in [-0.15, -0.1) is 0 Å². The van der Waals surface area contributed by atoms with Gasteiger partial charge in [0.05, 0.1) is 0 Å². The van der Waals surface area contributed by atoms with E-state index in [4.69, 9.17) is 0 Å². The molecule has 24 heavy (non-hydrogen) atoms. The highest BCUT2D eigenvalue weighted by Crippen LogP contribution is 2.34. The Balaban J connectivity index is 2.09. The summed E-state index contributed by atoms with van der Waals surface area (Å²) in [6.07, 6.45) is 5.47. The van der Waals surface area contributed by atoms with Crippen LogP contribution in [0.4, 0.5) is 0 Å². The van der Waals surface area contributed by atoms with Crippen LogP contribution in [0.25, 0.3) is 0 Å². The summed E-state index contributed by atoms with van der Waals surface area (Å²) in [6, 6.07) is 10.9. The summed E-state index contributed by atoms with van der Waals surface area (Å²) in [7, 11) is 0. The van der Waals surface area contributed by atoms with Crippen molar-refractivity contribution in [3.63, 3.8) is 0 Å². The molecule has 1 amide bonds. The minimum absolute atomic E-state index is 0.0428. The molecule has 1 aromatic carbocycles. The van der Waals surface area contributed by atoms with Gasteiger partial charge in [-0.05, 0) is 48.5 Å². The number of carbonyl (C=O) groups is 1. The third-order valence-electron chi connectivity index (χ3n) is 5.32. The van der Waals surface area contributed by atoms with Gasteiger partial charge in [0.1, 0.15) is 0 Å². The summed E-state index contributed by atoms with van der Waals surface area (Å²) in [6.45, 7) is 11.9. The lowest BCUT2D eigenvalue weighted by molar-refractivity contribution is -0.137. The summed E-state index contributed by atoms with van der Waals surface area (Å²) in [5.41, 5.74) is 1.28. The van der Waals surface area contributed by atoms with Gasteiger partial charge in [0.2, 0.25) is 5.91 Å². The van der Waals surface area contributed by atoms with Gasteiger partial charge in [0, 0.05) is 19.0 Å². The van der Waals surface area contributed by atoms with E-state index < -0.39 is 0 Å². The second-order valence-corrected chi connectivity index (χ2v) is 9.06. The van der Waals surface area contributed by atoms with Crippen LogP contribution in [0, 0.1) is 17.3 Å². The number of carbonyl (C=O) groups excluding carboxylic acids is 1. The standard InChI is InChI=1S/C22H35NO/c1-17(2)19-11-13-20(14-12-19)23(21(24)15-22(3,4)5)16-18-9-7-6-8-10-18/h6-10,17,19-20H,11-16H2,1-5H3. The average molecular weight is 330 g/mol. The predicted octanol–water partition coefficient (Wildman–Crippen LogP) is 5.67. The maximum atomic E-state index is 13.0. The normalized spacial score (nSPS) is 21.8. The van der Waals surface area contributed by atoms with E-state index in [0.29, 0.717) is 18.4 Å². The number of nitrogens with zero attached hydrogens (tertiary/aromatic N) is 1. The Kier molecular flexibility index (Phi) is 6.48. The molecule has 2 heteroatoms. The first-order valence-corrected chi connectivity index (χ1v) is 9.59. The Labute approximate surface area is 148 Å². The highest BCUT2D eigenvalue weighted by atomic mass is 16.2. The van der Waals surface area contributed by atoms with E-state index in [-0.39, 0.29) is 5.41 Å². The van der Waals surface area contributed by atoms with Crippen molar-refractivity contribution in [3.8, 4) is 0 Å². The molecule has 0 saturated heterocycles. The molecular weight excluding hydrogens is 294 g/mol. The van der Waals surface area contributed by atoms with Crippen LogP contribution < -0.4 is 0 Å². The topological polar surface area (TPSA) is 20.3 Å². The van der Waals surface area contributed by atoms with Crippen LogP contribution in [0.15, 0.2) is 30.3 Å². The number of hydrogen-bond acceptors (Lipinski definition) is 1. The molecule has 2 nitrogen and oxygen atoms in total. The van der Waals surface area contributed by atoms with Crippen LogP contribution in [0.5, 0.6) is 0 Å². The summed E-state index contributed by atoms with van der Waals surface area (Å²) in [5.74, 6) is 1.91. The van der Waals surface area contributed by atoms with Crippen molar-refractivity contribution < 1.29 is 4.79 Å². The second kappa shape index (κ2) is 8.18. The third-order valence-corrected chi connectivity index (χ3v) is 5.32. The van der Waals surface area contributed by atoms with Crippen molar-refractivity contribution in [2.75, 3.05) is 0 Å². The Morgan fingerprint density at radius 1 is 1.08 bits per heavy atom. The van der Waals surface area contributed by atoms with Crippen LogP contribution in [0.3, 0.4) is 0 Å². The lowest BCUT2D eigenvalue weighted by Crippen LogP contribution is -2.43. The molecule has 0 spiro atoms. The van der Waals surface area contributed by atoms with Gasteiger partial charge in [0.25, 0.3) is 0 Å². The van der Waals surface area contributed by atoms with E-state index in [9.17, 15) is 4.79 Å². The molecule has 0 heterocycles. The molecule has 0 aliphatic heterocycles. The van der Waals surface area contributed by atoms with Crippen molar-refractivity contribution in [2.45, 2.75) is 79.3 Å². The SMILES string of the molecule is CC(C)C1CCC(N(Cc2ccccc2)C(=O)CC(C)(C)C)CC1. The lowest BCUT2D eigenvalue weighted by Gasteiger charge is -2.39. The summed E-state index contributed by atoms with van der Waals surface area (Å²) < 4.78 is 0. The van der Waals surface area contributed by atoms with Crippen molar-refractivity contribution in [2.24, 2.45) is 17.3 Å². The Morgan fingerprint density at radius 2 is 1.67 bits per heavy atom. The van der Waals surface area contributed by atoms with Gasteiger partial charge >= 0.3 is 0 Å². The van der Waals surface area contributed by atoms with Crippen LogP contribution in [-0.2, 0) is 11.3 Å². The Bertz CT molecular complexity index is 507. The largest absolute Gasteiger partial charge is 0.335 e. The average Bonchev–Trinajstić information content (AvgIpc) is 2.52. The maximum Gasteiger partial charge on any atom is 0.223 e. The molecule has 1 saturated carbocycles. The Morgan fingerprint density at radius 3 is 2.17 bits per heavy atom. The zero-order valence-corrected chi connectivity index (χ0v) is 16.2. The molecule has 1 fully saturated rings. The number of hydrogen-bond donors (Lipinski definition) is 0. The van der Waals surface area contributed by atoms with Gasteiger partial charge in [-0.2, -0.15) is 0 Å². The monoisotopic (exact) mass is 329 g/mol. The molecule has 134 valence electrons. The molecule has 0 N–H and O–H groups in total. The molecule has 0 aromatic heterocycles. The molecule has 0 radical (unpaired) electrons. The van der Waals surface area contributed by atoms with Gasteiger partial charge < -0.3 is 4.90 Å². The van der Waals surface area contributed by atoms with Crippen LogP contribution >= 0.6 is 0 Å². The van der Waals surface area contributed by atoms with E-state index in [2.05, 4.69) is 63.8 Å². The van der Waals surface area contributed by atoms with E-state index >= 15 is 0 Å². The Hall–Kier alpha value is -1.31. The van der Waals surface area contributed by atoms with Crippen molar-refractivity contribution in [1.29, 1.82) is 0 Å². The van der Waals surface area contributed by atoms with E-state index in [1.807, 2.05) is 6.07 Å². The first-order valence-electron chi connectivity index (χ1n) is 9.59. The lowest BCUT2D eigenvalue weighted by atomic mass is 9.79. The van der Waals surface area contributed by atoms with Crippen molar-refractivity contribution in [3.05, 3.63) is 35.9 Å². The molecule has 2 rings (SSSR count). The number of rotatable bonds is 5. The van der Waals surface area contributed by atoms with E-state index in [1.54, 1.807) is 0 Å². The summed E-state index contributed by atoms with van der Waals surface area (Å²) in [4.78, 5) is 15.2. The van der Waals surface area contributed by atoms with Gasteiger partial charge in [-0.3, -0.25) is 4.79 Å². The van der Waals surface area contributed by atoms with Crippen LogP contribution in [0.2, 0.25) is 0 Å². The zero-order valence-electron chi connectivity index (χ0n) is 16.2. The number of amides is 1. The molecular formula is C22H35NO. The summed E-state index contributed by atoms with van der Waals surface area (Å²) in [5, 5.41) is 0. The number of benzene rings is 1. The molecule has 0 atom stereocenters. The highest BCUT2D eigenvalue weighted by Gasteiger charge is 2.31. The molecule has 0 unspecified atom stereocenters. The minimum atomic E-state index is 0.0428. The van der Waals surface area contributed by atoms with Crippen LogP contribution in [-0.4, -0.2) is 16.8 Å². The second-order valence-electron chi connectivity index (χ2n) is 9.06. The zero-order chi connectivity index (χ0) is 17.7. The quantitative estimate of drug-likeness (QED) is 0.682. The minimum Gasteiger partial charge on any atom is -0.335 e. The maximum absolute atomic E-state index is 13.0. The predicted molar refractivity (Wildman–Crippen MR) is 102 cm³/mol. The fraction of sp³-hybridized carbons (Fsp3) is 0.682. The first kappa shape index (κ1) is 19.0. The molecule has 1 aromatic rings. The smallest absolute Gasteiger partial charge is 0.223 e. The fourth-order valence-electron chi connectivity index (χ4n) is 3.84. The van der Waals surface area contributed by atoms with Crippen LogP contribution in [0.1, 0.15) is 72.3 Å². The van der Waals surface area contributed by atoms with E-state index in [1.165, 1.54) is 18.4 Å². The van der Waals surface area contributed by atoms with Crippen molar-refractivity contribution in [1.82, 2.24) is 4.90 Å². The third kappa shape index (κ3) is 5.65. The van der Waals surface area contributed by atoms with Gasteiger partial charge in [-0.25, -0.2) is 0 Å². The van der Waals surface area contributed by atoms with Gasteiger partial charge in [-0.1, -0.05) is 65.0 Å². The van der Waals surface area contributed by atoms with Gasteiger partial charge in [0.15, 0.2) is 0 Å². The first-order chi connectivity index (χ1) is 11.3. The highest BCUT2D eigenvalue weighted by molar-refractivity contribution is 5.77. The fourth-order valence-corrected chi connectivity index (χ4v) is 3.84.